The van der Waals surface area contributed by atoms with Gasteiger partial charge in [0.1, 0.15) is 10.7 Å². The van der Waals surface area contributed by atoms with Crippen molar-refractivity contribution in [3.8, 4) is 0 Å². The molecule has 0 aliphatic carbocycles. The molecule has 168 valence electrons. The molecule has 0 saturated carbocycles. The maximum absolute atomic E-state index is 12.9. The van der Waals surface area contributed by atoms with E-state index >= 15 is 0 Å². The van der Waals surface area contributed by atoms with E-state index in [0.29, 0.717) is 39.0 Å². The van der Waals surface area contributed by atoms with Crippen LogP contribution in [0.4, 0.5) is 0 Å². The lowest BCUT2D eigenvalue weighted by atomic mass is 9.95. The highest BCUT2D eigenvalue weighted by atomic mass is 32.2. The molecule has 1 aromatic rings. The van der Waals surface area contributed by atoms with Crippen LogP contribution in [-0.2, 0) is 14.8 Å². The standard InChI is InChI=1S/C21H33N3O5S/c1-4-5-10-22(3)20(25)17-8-13-23(14-9-17)21(26)18-15-19(16(2)29-18)30(27,28)24-11-6-7-12-24/h15,17H,4-14H2,1-3H3. The van der Waals surface area contributed by atoms with Gasteiger partial charge >= 0.3 is 0 Å². The lowest BCUT2D eigenvalue weighted by Gasteiger charge is -2.32. The minimum Gasteiger partial charge on any atom is -0.455 e. The second-order valence-corrected chi connectivity index (χ2v) is 10.2. The van der Waals surface area contributed by atoms with Crippen molar-refractivity contribution in [3.63, 3.8) is 0 Å². The van der Waals surface area contributed by atoms with Crippen LogP contribution in [0.25, 0.3) is 0 Å². The highest BCUT2D eigenvalue weighted by Crippen LogP contribution is 2.28. The highest BCUT2D eigenvalue weighted by Gasteiger charge is 2.34. The van der Waals surface area contributed by atoms with Crippen LogP contribution in [0, 0.1) is 12.8 Å². The number of amides is 2. The molecule has 9 heteroatoms. The number of furan rings is 1. The number of likely N-dealkylation sites (tertiary alicyclic amines) is 1. The molecule has 0 atom stereocenters. The summed E-state index contributed by atoms with van der Waals surface area (Å²) in [5.41, 5.74) is 0. The van der Waals surface area contributed by atoms with E-state index in [2.05, 4.69) is 6.92 Å². The predicted molar refractivity (Wildman–Crippen MR) is 113 cm³/mol. The smallest absolute Gasteiger partial charge is 0.289 e. The van der Waals surface area contributed by atoms with Crippen molar-refractivity contribution in [2.45, 2.75) is 57.3 Å². The molecular weight excluding hydrogens is 406 g/mol. The van der Waals surface area contributed by atoms with Crippen molar-refractivity contribution in [1.29, 1.82) is 0 Å². The first-order valence-electron chi connectivity index (χ1n) is 10.9. The topological polar surface area (TPSA) is 91.1 Å². The molecule has 0 N–H and O–H groups in total. The third-order valence-electron chi connectivity index (χ3n) is 6.12. The van der Waals surface area contributed by atoms with Gasteiger partial charge in [-0.1, -0.05) is 13.3 Å². The maximum Gasteiger partial charge on any atom is 0.289 e. The summed E-state index contributed by atoms with van der Waals surface area (Å²) in [6.07, 6.45) is 4.95. The minimum absolute atomic E-state index is 0.0510. The van der Waals surface area contributed by atoms with Crippen LogP contribution in [0.5, 0.6) is 0 Å². The largest absolute Gasteiger partial charge is 0.455 e. The summed E-state index contributed by atoms with van der Waals surface area (Å²) in [7, 11) is -1.79. The van der Waals surface area contributed by atoms with Crippen LogP contribution in [0.1, 0.15) is 61.8 Å². The monoisotopic (exact) mass is 439 g/mol. The van der Waals surface area contributed by atoms with Gasteiger partial charge in [-0.15, -0.1) is 0 Å². The minimum atomic E-state index is -3.63. The number of piperidine rings is 1. The normalized spacial score (nSPS) is 18.7. The summed E-state index contributed by atoms with van der Waals surface area (Å²) in [6.45, 7) is 6.37. The van der Waals surface area contributed by atoms with Gasteiger partial charge < -0.3 is 14.2 Å². The average Bonchev–Trinajstić information content (AvgIpc) is 3.41. The Kier molecular flexibility index (Phi) is 7.23. The SMILES string of the molecule is CCCCN(C)C(=O)C1CCN(C(=O)c2cc(S(=O)(=O)N3CCCC3)c(C)o2)CC1. The van der Waals surface area contributed by atoms with Crippen molar-refractivity contribution < 1.29 is 22.4 Å². The molecule has 0 unspecified atom stereocenters. The number of nitrogens with zero attached hydrogens (tertiary/aromatic N) is 3. The van der Waals surface area contributed by atoms with Crippen molar-refractivity contribution in [2.75, 3.05) is 39.8 Å². The molecule has 0 radical (unpaired) electrons. The van der Waals surface area contributed by atoms with E-state index in [-0.39, 0.29) is 34.1 Å². The number of rotatable bonds is 7. The zero-order valence-corrected chi connectivity index (χ0v) is 19.0. The Morgan fingerprint density at radius 3 is 2.40 bits per heavy atom. The summed E-state index contributed by atoms with van der Waals surface area (Å²) in [4.78, 5) is 29.0. The Morgan fingerprint density at radius 1 is 1.17 bits per heavy atom. The fourth-order valence-corrected chi connectivity index (χ4v) is 5.87. The fraction of sp³-hybridized carbons (Fsp3) is 0.714. The summed E-state index contributed by atoms with van der Waals surface area (Å²) < 4.78 is 32.7. The molecule has 0 bridgehead atoms. The Morgan fingerprint density at radius 2 is 1.80 bits per heavy atom. The third kappa shape index (κ3) is 4.72. The van der Waals surface area contributed by atoms with Gasteiger partial charge in [0.15, 0.2) is 5.76 Å². The molecule has 2 amide bonds. The molecule has 0 aromatic carbocycles. The number of unbranched alkanes of at least 4 members (excludes halogenated alkanes) is 1. The van der Waals surface area contributed by atoms with E-state index in [0.717, 1.165) is 32.2 Å². The van der Waals surface area contributed by atoms with Crippen molar-refractivity contribution in [1.82, 2.24) is 14.1 Å². The van der Waals surface area contributed by atoms with Gasteiger partial charge in [-0.3, -0.25) is 9.59 Å². The summed E-state index contributed by atoms with van der Waals surface area (Å²) in [6, 6.07) is 1.36. The van der Waals surface area contributed by atoms with E-state index in [9.17, 15) is 18.0 Å². The Bertz CT molecular complexity index is 865. The zero-order valence-electron chi connectivity index (χ0n) is 18.2. The van der Waals surface area contributed by atoms with Gasteiger partial charge in [0.05, 0.1) is 0 Å². The third-order valence-corrected chi connectivity index (χ3v) is 8.13. The zero-order chi connectivity index (χ0) is 21.9. The first-order chi connectivity index (χ1) is 14.3. The molecule has 2 aliphatic heterocycles. The second-order valence-electron chi connectivity index (χ2n) is 8.32. The average molecular weight is 440 g/mol. The van der Waals surface area contributed by atoms with Crippen molar-refractivity contribution in [3.05, 3.63) is 17.6 Å². The van der Waals surface area contributed by atoms with Crippen LogP contribution in [-0.4, -0.2) is 74.1 Å². The molecule has 1 aromatic heterocycles. The van der Waals surface area contributed by atoms with Crippen molar-refractivity contribution in [2.24, 2.45) is 5.92 Å². The lowest BCUT2D eigenvalue weighted by Crippen LogP contribution is -2.43. The van der Waals surface area contributed by atoms with E-state index < -0.39 is 10.0 Å². The van der Waals surface area contributed by atoms with Gasteiger partial charge in [0, 0.05) is 51.8 Å². The number of aryl methyl sites for hydroxylation is 1. The first kappa shape index (κ1) is 22.8. The second kappa shape index (κ2) is 9.51. The maximum atomic E-state index is 12.9. The van der Waals surface area contributed by atoms with Gasteiger partial charge in [-0.2, -0.15) is 4.31 Å². The fourth-order valence-electron chi connectivity index (χ4n) is 4.20. The molecule has 2 aliphatic rings. The van der Waals surface area contributed by atoms with Gasteiger partial charge in [-0.25, -0.2) is 8.42 Å². The number of carbonyl (C=O) groups excluding carboxylic acids is 2. The Labute approximate surface area is 179 Å². The van der Waals surface area contributed by atoms with E-state index in [1.165, 1.54) is 10.4 Å². The number of hydrogen-bond donors (Lipinski definition) is 0. The van der Waals surface area contributed by atoms with Crippen LogP contribution in [0.2, 0.25) is 0 Å². The quantitative estimate of drug-likeness (QED) is 0.651. The summed E-state index contributed by atoms with van der Waals surface area (Å²) in [5.74, 6) is 0.0536. The van der Waals surface area contributed by atoms with E-state index in [1.807, 2.05) is 7.05 Å². The van der Waals surface area contributed by atoms with Crippen LogP contribution in [0.15, 0.2) is 15.4 Å². The first-order valence-corrected chi connectivity index (χ1v) is 12.3. The van der Waals surface area contributed by atoms with Gasteiger partial charge in [0.2, 0.25) is 15.9 Å². The van der Waals surface area contributed by atoms with Crippen LogP contribution in [0.3, 0.4) is 0 Å². The van der Waals surface area contributed by atoms with Crippen LogP contribution < -0.4 is 0 Å². The highest BCUT2D eigenvalue weighted by molar-refractivity contribution is 7.89. The number of carbonyl (C=O) groups is 2. The molecule has 8 nitrogen and oxygen atoms in total. The molecule has 30 heavy (non-hydrogen) atoms. The Balaban J connectivity index is 1.63. The molecule has 3 heterocycles. The Hall–Kier alpha value is -1.87. The molecule has 2 fully saturated rings. The molecule has 0 spiro atoms. The lowest BCUT2D eigenvalue weighted by molar-refractivity contribution is -0.135. The van der Waals surface area contributed by atoms with Crippen molar-refractivity contribution >= 4 is 21.8 Å². The molecule has 3 rings (SSSR count). The van der Waals surface area contributed by atoms with Crippen LogP contribution >= 0.6 is 0 Å². The number of sulfonamides is 1. The van der Waals surface area contributed by atoms with Gasteiger partial charge in [0.25, 0.3) is 5.91 Å². The van der Waals surface area contributed by atoms with E-state index in [1.54, 1.807) is 16.7 Å². The van der Waals surface area contributed by atoms with E-state index in [4.69, 9.17) is 4.42 Å². The summed E-state index contributed by atoms with van der Waals surface area (Å²) in [5, 5.41) is 0. The summed E-state index contributed by atoms with van der Waals surface area (Å²) >= 11 is 0. The van der Waals surface area contributed by atoms with Gasteiger partial charge in [-0.05, 0) is 39.0 Å². The molecule has 2 saturated heterocycles. The molecular formula is C21H33N3O5S. The number of hydrogen-bond acceptors (Lipinski definition) is 5. The predicted octanol–water partition coefficient (Wildman–Crippen LogP) is 2.48.